The van der Waals surface area contributed by atoms with Gasteiger partial charge in [-0.25, -0.2) is 18.7 Å². The van der Waals surface area contributed by atoms with Crippen LogP contribution in [-0.4, -0.2) is 40.0 Å². The molecule has 4 N–H and O–H groups in total. The topological polar surface area (TPSA) is 141 Å². The van der Waals surface area contributed by atoms with Gasteiger partial charge in [0, 0.05) is 23.6 Å². The third-order valence-electron chi connectivity index (χ3n) is 7.90. The molecule has 0 aliphatic carbocycles. The zero-order valence-corrected chi connectivity index (χ0v) is 25.3. The second-order valence-corrected chi connectivity index (χ2v) is 11.7. The van der Waals surface area contributed by atoms with Crippen LogP contribution in [0.4, 0.5) is 8.78 Å². The van der Waals surface area contributed by atoms with Crippen molar-refractivity contribution in [2.75, 3.05) is 13.2 Å². The smallest absolute Gasteiger partial charge is 0.251 e. The number of nitrogens with two attached hydrogens (primary N) is 1. The number of carbonyl (C=O) groups is 2. The monoisotopic (exact) mass is 652 g/mol. The molecule has 5 aromatic rings. The number of benzene rings is 3. The van der Waals surface area contributed by atoms with Crippen LogP contribution in [0.5, 0.6) is 5.75 Å². The Morgan fingerprint density at radius 2 is 1.87 bits per heavy atom. The normalized spacial score (nSPS) is 17.0. The maximum Gasteiger partial charge on any atom is 0.251 e. The van der Waals surface area contributed by atoms with Gasteiger partial charge in [0.15, 0.2) is 11.5 Å². The van der Waals surface area contributed by atoms with Crippen molar-refractivity contribution in [3.63, 3.8) is 0 Å². The van der Waals surface area contributed by atoms with Crippen LogP contribution in [-0.2, 0) is 15.8 Å². The van der Waals surface area contributed by atoms with Gasteiger partial charge >= 0.3 is 0 Å². The summed E-state index contributed by atoms with van der Waals surface area (Å²) in [5, 5.41) is 14.5. The molecular weight excluding hydrogens is 629 g/mol. The fourth-order valence-corrected chi connectivity index (χ4v) is 5.68. The zero-order chi connectivity index (χ0) is 32.3. The standard InChI is InChI=1S/C32H24Cl2F2N4O5/c1-15-39-22-9-6-16(10-23(22)45-15)29(41)38-13-32(43,17-4-3-5-18(35)11-17)24-12-20-28(44-14-31(20,2)30(37)42)27(40-24)19-7-8-21(36)26(34)25(19)33/h3-12,43H,13-14H2,1-2H3,(H2,37,42)(H,38,41)/t31-,32+/m0/s1. The molecule has 1 aliphatic rings. The zero-order valence-electron chi connectivity index (χ0n) is 23.8. The summed E-state index contributed by atoms with van der Waals surface area (Å²) in [7, 11) is 0. The molecule has 1 aliphatic heterocycles. The van der Waals surface area contributed by atoms with E-state index in [-0.39, 0.29) is 56.0 Å². The summed E-state index contributed by atoms with van der Waals surface area (Å²) in [4.78, 5) is 34.9. The second-order valence-electron chi connectivity index (χ2n) is 10.9. The quantitative estimate of drug-likeness (QED) is 0.195. The summed E-state index contributed by atoms with van der Waals surface area (Å²) in [6, 6.07) is 13.6. The molecule has 0 fully saturated rings. The summed E-state index contributed by atoms with van der Waals surface area (Å²) in [5.41, 5.74) is 3.71. The number of pyridine rings is 1. The second kappa shape index (κ2) is 11.1. The van der Waals surface area contributed by atoms with E-state index in [1.54, 1.807) is 26.0 Å². The minimum Gasteiger partial charge on any atom is -0.489 e. The average molecular weight is 653 g/mol. The third-order valence-corrected chi connectivity index (χ3v) is 8.75. The van der Waals surface area contributed by atoms with Gasteiger partial charge < -0.3 is 25.3 Å². The van der Waals surface area contributed by atoms with Crippen molar-refractivity contribution in [3.8, 4) is 17.0 Å². The van der Waals surface area contributed by atoms with Gasteiger partial charge in [-0.15, -0.1) is 0 Å². The van der Waals surface area contributed by atoms with Crippen molar-refractivity contribution in [2.45, 2.75) is 24.9 Å². The molecule has 3 aromatic carbocycles. The molecule has 0 saturated carbocycles. The molecule has 0 unspecified atom stereocenters. The van der Waals surface area contributed by atoms with Crippen molar-refractivity contribution in [1.82, 2.24) is 15.3 Å². The number of rotatable bonds is 7. The molecule has 2 atom stereocenters. The van der Waals surface area contributed by atoms with Crippen molar-refractivity contribution in [3.05, 3.63) is 111 Å². The number of oxazole rings is 1. The third kappa shape index (κ3) is 5.16. The molecule has 45 heavy (non-hydrogen) atoms. The van der Waals surface area contributed by atoms with Gasteiger partial charge in [-0.05, 0) is 61.0 Å². The lowest BCUT2D eigenvalue weighted by atomic mass is 9.80. The summed E-state index contributed by atoms with van der Waals surface area (Å²) in [6.07, 6.45) is 0. The minimum atomic E-state index is -2.19. The van der Waals surface area contributed by atoms with E-state index in [1.165, 1.54) is 36.4 Å². The van der Waals surface area contributed by atoms with Crippen LogP contribution in [0, 0.1) is 18.6 Å². The molecule has 13 heteroatoms. The number of nitrogens with one attached hydrogen (secondary N) is 1. The fraction of sp³-hybridized carbons (Fsp3) is 0.188. The van der Waals surface area contributed by atoms with Crippen LogP contribution in [0.3, 0.4) is 0 Å². The van der Waals surface area contributed by atoms with E-state index in [4.69, 9.17) is 38.1 Å². The number of carbonyl (C=O) groups excluding carboxylic acids is 2. The van der Waals surface area contributed by atoms with E-state index >= 15 is 0 Å². The number of hydrogen-bond acceptors (Lipinski definition) is 7. The Morgan fingerprint density at radius 3 is 2.60 bits per heavy atom. The van der Waals surface area contributed by atoms with Crippen LogP contribution < -0.4 is 15.8 Å². The van der Waals surface area contributed by atoms with Gasteiger partial charge in [-0.1, -0.05) is 35.3 Å². The molecule has 230 valence electrons. The van der Waals surface area contributed by atoms with Crippen LogP contribution in [0.1, 0.15) is 40.0 Å². The molecule has 2 aromatic heterocycles. The maximum absolute atomic E-state index is 14.6. The largest absolute Gasteiger partial charge is 0.489 e. The molecule has 0 saturated heterocycles. The molecule has 2 amide bonds. The van der Waals surface area contributed by atoms with Crippen molar-refractivity contribution in [1.29, 1.82) is 0 Å². The van der Waals surface area contributed by atoms with Gasteiger partial charge in [-0.3, -0.25) is 9.59 Å². The SMILES string of the molecule is Cc1nc2ccc(C(=O)NC[C@@](O)(c3cccc(F)c3)c3cc4c(c(-c5ccc(F)c(Cl)c5Cl)n3)OC[C@]4(C)C(N)=O)cc2o1. The van der Waals surface area contributed by atoms with Gasteiger partial charge in [-0.2, -0.15) is 0 Å². The maximum atomic E-state index is 14.6. The summed E-state index contributed by atoms with van der Waals surface area (Å²) in [6.45, 7) is 2.57. The average Bonchev–Trinajstić information content (AvgIpc) is 3.57. The minimum absolute atomic E-state index is 0.0201. The number of halogens is 4. The molecule has 9 nitrogen and oxygen atoms in total. The molecule has 6 rings (SSSR count). The van der Waals surface area contributed by atoms with Gasteiger partial charge in [0.25, 0.3) is 5.91 Å². The first-order valence-electron chi connectivity index (χ1n) is 13.6. The highest BCUT2D eigenvalue weighted by Gasteiger charge is 2.46. The number of fused-ring (bicyclic) bond motifs is 2. The molecule has 3 heterocycles. The summed E-state index contributed by atoms with van der Waals surface area (Å²) < 4.78 is 40.2. The molecule has 0 radical (unpaired) electrons. The Labute approximate surface area is 264 Å². The van der Waals surface area contributed by atoms with Crippen LogP contribution in [0.15, 0.2) is 65.1 Å². The van der Waals surface area contributed by atoms with Crippen molar-refractivity contribution >= 4 is 46.1 Å². The fourth-order valence-electron chi connectivity index (χ4n) is 5.27. The number of aromatic nitrogens is 2. The van der Waals surface area contributed by atoms with Crippen molar-refractivity contribution < 1.29 is 32.6 Å². The Kier molecular flexibility index (Phi) is 7.51. The predicted octanol–water partition coefficient (Wildman–Crippen LogP) is 5.58. The van der Waals surface area contributed by atoms with Gasteiger partial charge in [0.2, 0.25) is 5.91 Å². The first-order valence-corrected chi connectivity index (χ1v) is 14.3. The Bertz CT molecular complexity index is 2040. The Balaban J connectivity index is 1.51. The highest BCUT2D eigenvalue weighted by Crippen LogP contribution is 2.48. The highest BCUT2D eigenvalue weighted by atomic mass is 35.5. The van der Waals surface area contributed by atoms with Crippen LogP contribution in [0.2, 0.25) is 10.0 Å². The van der Waals surface area contributed by atoms with Crippen LogP contribution >= 0.6 is 23.2 Å². The first-order chi connectivity index (χ1) is 21.3. The lowest BCUT2D eigenvalue weighted by molar-refractivity contribution is -0.123. The molecule has 0 bridgehead atoms. The first kappa shape index (κ1) is 30.4. The number of amides is 2. The van der Waals surface area contributed by atoms with E-state index in [0.29, 0.717) is 17.0 Å². The number of nitrogens with zero attached hydrogens (tertiary/aromatic N) is 2. The van der Waals surface area contributed by atoms with E-state index < -0.39 is 41.0 Å². The van der Waals surface area contributed by atoms with E-state index in [2.05, 4.69) is 15.3 Å². The van der Waals surface area contributed by atoms with E-state index in [0.717, 1.165) is 12.1 Å². The van der Waals surface area contributed by atoms with E-state index in [1.807, 2.05) is 0 Å². The number of aryl methyl sites for hydroxylation is 1. The summed E-state index contributed by atoms with van der Waals surface area (Å²) in [5.74, 6) is -2.21. The van der Waals surface area contributed by atoms with Gasteiger partial charge in [0.1, 0.15) is 46.2 Å². The van der Waals surface area contributed by atoms with Crippen molar-refractivity contribution in [2.24, 2.45) is 5.73 Å². The predicted molar refractivity (Wildman–Crippen MR) is 162 cm³/mol. The van der Waals surface area contributed by atoms with E-state index in [9.17, 15) is 23.5 Å². The number of aliphatic hydroxyl groups is 1. The lowest BCUT2D eigenvalue weighted by Gasteiger charge is -2.30. The number of hydrogen-bond donors (Lipinski definition) is 3. The number of ether oxygens (including phenoxy) is 1. The number of primary amides is 1. The lowest BCUT2D eigenvalue weighted by Crippen LogP contribution is -2.43. The molecule has 0 spiro atoms. The Morgan fingerprint density at radius 1 is 1.09 bits per heavy atom. The Hall–Kier alpha value is -4.58. The highest BCUT2D eigenvalue weighted by molar-refractivity contribution is 6.43. The molecular formula is C32H24Cl2F2N4O5. The summed E-state index contributed by atoms with van der Waals surface area (Å²) >= 11 is 12.6. The van der Waals surface area contributed by atoms with Crippen LogP contribution in [0.25, 0.3) is 22.4 Å². The van der Waals surface area contributed by atoms with Gasteiger partial charge in [0.05, 0.1) is 22.3 Å².